The lowest BCUT2D eigenvalue weighted by atomic mass is 9.99. The van der Waals surface area contributed by atoms with E-state index < -0.39 is 0 Å². The van der Waals surface area contributed by atoms with Gasteiger partial charge in [0.2, 0.25) is 0 Å². The third-order valence-electron chi connectivity index (χ3n) is 4.42. The highest BCUT2D eigenvalue weighted by molar-refractivity contribution is 4.60. The Balaban J connectivity index is -0.0000000635. The van der Waals surface area contributed by atoms with E-state index in [1.54, 1.807) is 0 Å². The van der Waals surface area contributed by atoms with Crippen molar-refractivity contribution in [1.29, 1.82) is 0 Å². The van der Waals surface area contributed by atoms with Crippen molar-refractivity contribution < 1.29 is 50.7 Å². The van der Waals surface area contributed by atoms with Crippen molar-refractivity contribution in [3.05, 3.63) is 0 Å². The summed E-state index contributed by atoms with van der Waals surface area (Å²) >= 11 is 0. The van der Waals surface area contributed by atoms with Crippen LogP contribution in [0, 0.1) is 48.7 Å². The van der Waals surface area contributed by atoms with Gasteiger partial charge >= 0.3 is 0 Å². The van der Waals surface area contributed by atoms with Crippen molar-refractivity contribution in [2.24, 2.45) is 48.7 Å². The quantitative estimate of drug-likeness (QED) is 0.121. The molecule has 10 heteroatoms. The smallest absolute Gasteiger partial charge is 0.143 e. The van der Waals surface area contributed by atoms with Gasteiger partial charge in [0.15, 0.2) is 0 Å². The van der Waals surface area contributed by atoms with E-state index in [2.05, 4.69) is 20.8 Å². The van der Waals surface area contributed by atoms with Gasteiger partial charge in [-0.05, 0) is 48.7 Å². The molecule has 0 bridgehead atoms. The second-order valence-corrected chi connectivity index (χ2v) is 24.8. The van der Waals surface area contributed by atoms with E-state index in [0.29, 0.717) is 6.61 Å². The van der Waals surface area contributed by atoms with Crippen LogP contribution in [0.4, 0.5) is 0 Å². The molecule has 0 aromatic rings. The summed E-state index contributed by atoms with van der Waals surface area (Å²) in [5.74, 6) is 0. The average molecular weight is 823 g/mol. The van der Waals surface area contributed by atoms with E-state index in [4.69, 9.17) is 50.7 Å². The maximum atomic E-state index is 8.40. The predicted octanol–water partition coefficient (Wildman–Crippen LogP) is 9.20. The van der Waals surface area contributed by atoms with Gasteiger partial charge in [0.25, 0.3) is 0 Å². The molecule has 0 aliphatic heterocycles. The summed E-state index contributed by atoms with van der Waals surface area (Å²) in [6.45, 7) is 56.6. The summed E-state index contributed by atoms with van der Waals surface area (Å²) in [7, 11) is 0. The largest absolute Gasteiger partial charge is 0.396 e. The lowest BCUT2D eigenvalue weighted by Gasteiger charge is -2.16. The summed E-state index contributed by atoms with van der Waals surface area (Å²) in [6.07, 6.45) is 0. The third kappa shape index (κ3) is 181. The first kappa shape index (κ1) is 76.3. The zero-order valence-corrected chi connectivity index (χ0v) is 43.0. The van der Waals surface area contributed by atoms with E-state index in [0.717, 1.165) is 0 Å². The van der Waals surface area contributed by atoms with Gasteiger partial charge in [-0.3, -0.25) is 0 Å². The SMILES string of the molecule is CC(C)(C)CO.CC(C)(C)CO.CC(C)(C)CO.CC(C)(C)CO.CC(C)(C)CO.CC(C)(C)CO.CC(C)(C)CO.CC(C)(C)CO.CC(C)(C)COCO. The molecule has 0 aliphatic carbocycles. The molecule has 0 spiro atoms. The molecule has 354 valence electrons. The van der Waals surface area contributed by atoms with Crippen molar-refractivity contribution in [1.82, 2.24) is 0 Å². The molecule has 0 aromatic carbocycles. The number of aliphatic hydroxyl groups is 9. The Labute approximate surface area is 351 Å². The van der Waals surface area contributed by atoms with Gasteiger partial charge in [0, 0.05) is 52.9 Å². The molecule has 9 N–H and O–H groups in total. The van der Waals surface area contributed by atoms with Crippen molar-refractivity contribution in [2.75, 3.05) is 66.3 Å². The van der Waals surface area contributed by atoms with Gasteiger partial charge in [-0.25, -0.2) is 0 Å². The number of aliphatic hydroxyl groups excluding tert-OH is 9. The van der Waals surface area contributed by atoms with E-state index in [9.17, 15) is 0 Å². The molecule has 0 heterocycles. The highest BCUT2D eigenvalue weighted by atomic mass is 16.6. The Morgan fingerprint density at radius 3 is 0.321 bits per heavy atom. The summed E-state index contributed by atoms with van der Waals surface area (Å²) in [5.41, 5.74) is 0.947. The topological polar surface area (TPSA) is 191 Å². The molecule has 0 saturated heterocycles. The Bertz CT molecular complexity index is 567. The minimum absolute atomic E-state index is 0.0972. The second-order valence-electron chi connectivity index (χ2n) is 24.8. The fourth-order valence-corrected chi connectivity index (χ4v) is 0.352. The molecule has 10 nitrogen and oxygen atoms in total. The standard InChI is InChI=1S/C6H14O2.8C5H12O/c1-6(2,3)4-8-5-7;8*1-5(2,3)4-6/h7H,4-5H2,1-3H3;8*6H,4H2,1-3H3. The molecule has 0 amide bonds. The molecular weight excluding hydrogens is 712 g/mol. The van der Waals surface area contributed by atoms with Gasteiger partial charge in [-0.15, -0.1) is 0 Å². The van der Waals surface area contributed by atoms with Crippen molar-refractivity contribution in [3.63, 3.8) is 0 Å². The van der Waals surface area contributed by atoms with E-state index in [1.165, 1.54) is 0 Å². The number of hydrogen-bond acceptors (Lipinski definition) is 10. The van der Waals surface area contributed by atoms with Crippen molar-refractivity contribution in [2.45, 2.75) is 187 Å². The Hall–Kier alpha value is -0.400. The summed E-state index contributed by atoms with van der Waals surface area (Å²) in [5, 5.41) is 75.4. The van der Waals surface area contributed by atoms with Crippen molar-refractivity contribution >= 4 is 0 Å². The van der Waals surface area contributed by atoms with E-state index in [1.807, 2.05) is 166 Å². The molecule has 0 fully saturated rings. The monoisotopic (exact) mass is 823 g/mol. The fraction of sp³-hybridized carbons (Fsp3) is 1.00. The second kappa shape index (κ2) is 37.6. The van der Waals surface area contributed by atoms with Crippen LogP contribution in [0.3, 0.4) is 0 Å². The van der Waals surface area contributed by atoms with E-state index >= 15 is 0 Å². The number of ether oxygens (including phenoxy) is 1. The first-order chi connectivity index (χ1) is 24.0. The van der Waals surface area contributed by atoms with Crippen LogP contribution in [-0.2, 0) is 4.74 Å². The van der Waals surface area contributed by atoms with Gasteiger partial charge in [0.05, 0.1) is 6.61 Å². The molecule has 0 saturated carbocycles. The maximum Gasteiger partial charge on any atom is 0.143 e. The van der Waals surface area contributed by atoms with Gasteiger partial charge in [-0.1, -0.05) is 187 Å². The van der Waals surface area contributed by atoms with Crippen LogP contribution in [0.1, 0.15) is 187 Å². The lowest BCUT2D eigenvalue weighted by Crippen LogP contribution is -2.14. The van der Waals surface area contributed by atoms with Crippen LogP contribution in [0.15, 0.2) is 0 Å². The first-order valence-corrected chi connectivity index (χ1v) is 20.1. The van der Waals surface area contributed by atoms with Gasteiger partial charge in [0.1, 0.15) is 6.79 Å². The predicted molar refractivity (Wildman–Crippen MR) is 245 cm³/mol. The lowest BCUT2D eigenvalue weighted by molar-refractivity contribution is -0.0314. The first-order valence-electron chi connectivity index (χ1n) is 20.1. The van der Waals surface area contributed by atoms with Crippen LogP contribution >= 0.6 is 0 Å². The maximum absolute atomic E-state index is 8.40. The Kier molecular flexibility index (Phi) is 51.2. The average Bonchev–Trinajstić information content (AvgIpc) is 2.99. The summed E-state index contributed by atoms with van der Waals surface area (Å²) < 4.78 is 4.75. The molecule has 0 unspecified atom stereocenters. The van der Waals surface area contributed by atoms with E-state index in [-0.39, 0.29) is 108 Å². The summed E-state index contributed by atoms with van der Waals surface area (Å²) in [6, 6.07) is 0. The van der Waals surface area contributed by atoms with Crippen molar-refractivity contribution in [3.8, 4) is 0 Å². The Morgan fingerprint density at radius 2 is 0.304 bits per heavy atom. The molecule has 0 atom stereocenters. The van der Waals surface area contributed by atoms with Crippen LogP contribution in [0.25, 0.3) is 0 Å². The van der Waals surface area contributed by atoms with Crippen LogP contribution in [0.2, 0.25) is 0 Å². The van der Waals surface area contributed by atoms with Crippen LogP contribution in [-0.4, -0.2) is 112 Å². The molecular formula is C46H110O10. The van der Waals surface area contributed by atoms with Crippen LogP contribution in [0.5, 0.6) is 0 Å². The molecule has 0 radical (unpaired) electrons. The number of rotatable bonds is 2. The zero-order valence-electron chi connectivity index (χ0n) is 43.0. The minimum Gasteiger partial charge on any atom is -0.396 e. The molecule has 56 heavy (non-hydrogen) atoms. The molecule has 0 aromatic heterocycles. The van der Waals surface area contributed by atoms with Gasteiger partial charge in [-0.2, -0.15) is 0 Å². The Morgan fingerprint density at radius 1 is 0.214 bits per heavy atom. The fourth-order valence-electron chi connectivity index (χ4n) is 0.352. The molecule has 0 rings (SSSR count). The normalized spacial score (nSPS) is 12.0. The minimum atomic E-state index is -0.169. The zero-order chi connectivity index (χ0) is 48.3. The molecule has 0 aliphatic rings. The summed E-state index contributed by atoms with van der Waals surface area (Å²) in [4.78, 5) is 0. The highest BCUT2D eigenvalue weighted by Crippen LogP contribution is 2.13. The van der Waals surface area contributed by atoms with Crippen LogP contribution < -0.4 is 0 Å². The highest BCUT2D eigenvalue weighted by Gasteiger charge is 2.10. The third-order valence-corrected chi connectivity index (χ3v) is 4.42. The number of hydrogen-bond donors (Lipinski definition) is 9. The van der Waals surface area contributed by atoms with Gasteiger partial charge < -0.3 is 50.7 Å².